The summed E-state index contributed by atoms with van der Waals surface area (Å²) in [5.74, 6) is -0.895. The summed E-state index contributed by atoms with van der Waals surface area (Å²) in [6.45, 7) is 3.51. The lowest BCUT2D eigenvalue weighted by atomic mass is 10.1. The minimum atomic E-state index is -3.87. The summed E-state index contributed by atoms with van der Waals surface area (Å²) in [5, 5.41) is 2.85. The quantitative estimate of drug-likeness (QED) is 0.801. The third-order valence-electron chi connectivity index (χ3n) is 4.80. The number of nitrogens with one attached hydrogen (secondary N) is 1. The zero-order chi connectivity index (χ0) is 20.1. The minimum absolute atomic E-state index is 0.144. The van der Waals surface area contributed by atoms with E-state index in [9.17, 15) is 17.6 Å². The number of aryl methyl sites for hydroxylation is 1. The number of hydrogen-bond donors (Lipinski definition) is 1. The first-order valence-corrected chi connectivity index (χ1v) is 10.7. The van der Waals surface area contributed by atoms with Crippen molar-refractivity contribution in [3.05, 3.63) is 59.9 Å². The van der Waals surface area contributed by atoms with E-state index in [2.05, 4.69) is 12.2 Å². The van der Waals surface area contributed by atoms with Crippen LogP contribution in [0, 0.1) is 5.82 Å². The molecule has 1 amide bonds. The molecule has 0 aliphatic carbocycles. The number of amides is 1. The Hall–Kier alpha value is -2.29. The zero-order valence-corrected chi connectivity index (χ0v) is 16.6. The number of sulfonamides is 1. The molecule has 0 unspecified atom stereocenters. The Labute approximate surface area is 165 Å². The second-order valence-corrected chi connectivity index (χ2v) is 8.62. The standard InChI is InChI=1S/C20H24FN3O3S/c1-2-16-7-9-17(10-8-16)22-20(25)15-23-11-13-24(14-12-23)28(26,27)19-6-4-3-5-18(19)21/h3-10H,2,11-15H2,1H3,(H,22,25). The van der Waals surface area contributed by atoms with Gasteiger partial charge in [0.05, 0.1) is 6.54 Å². The Morgan fingerprint density at radius 3 is 2.29 bits per heavy atom. The Balaban J connectivity index is 1.53. The van der Waals surface area contributed by atoms with Crippen LogP contribution in [-0.2, 0) is 21.2 Å². The number of halogens is 1. The van der Waals surface area contributed by atoms with Crippen molar-refractivity contribution in [2.45, 2.75) is 18.2 Å². The number of benzene rings is 2. The highest BCUT2D eigenvalue weighted by Crippen LogP contribution is 2.20. The fourth-order valence-electron chi connectivity index (χ4n) is 3.15. The minimum Gasteiger partial charge on any atom is -0.325 e. The van der Waals surface area contributed by atoms with Crippen LogP contribution in [-0.4, -0.2) is 56.3 Å². The molecule has 2 aromatic carbocycles. The van der Waals surface area contributed by atoms with Crippen molar-refractivity contribution in [2.24, 2.45) is 0 Å². The maximum atomic E-state index is 13.9. The van der Waals surface area contributed by atoms with Gasteiger partial charge < -0.3 is 5.32 Å². The summed E-state index contributed by atoms with van der Waals surface area (Å²) in [5.41, 5.74) is 1.94. The highest BCUT2D eigenvalue weighted by Gasteiger charge is 2.30. The molecular formula is C20H24FN3O3S. The number of nitrogens with zero attached hydrogens (tertiary/aromatic N) is 2. The van der Waals surface area contributed by atoms with Crippen molar-refractivity contribution in [2.75, 3.05) is 38.0 Å². The third-order valence-corrected chi connectivity index (χ3v) is 6.73. The second-order valence-electron chi connectivity index (χ2n) is 6.71. The first-order valence-electron chi connectivity index (χ1n) is 9.26. The van der Waals surface area contributed by atoms with Gasteiger partial charge in [-0.2, -0.15) is 4.31 Å². The topological polar surface area (TPSA) is 69.7 Å². The number of piperazine rings is 1. The van der Waals surface area contributed by atoms with Crippen molar-refractivity contribution in [1.82, 2.24) is 9.21 Å². The van der Waals surface area contributed by atoms with Crippen LogP contribution < -0.4 is 5.32 Å². The van der Waals surface area contributed by atoms with Crippen molar-refractivity contribution in [3.8, 4) is 0 Å². The van der Waals surface area contributed by atoms with E-state index in [4.69, 9.17) is 0 Å². The summed E-state index contributed by atoms with van der Waals surface area (Å²) >= 11 is 0. The molecule has 1 saturated heterocycles. The van der Waals surface area contributed by atoms with Crippen LogP contribution in [0.1, 0.15) is 12.5 Å². The van der Waals surface area contributed by atoms with Crippen molar-refractivity contribution < 1.29 is 17.6 Å². The van der Waals surface area contributed by atoms with E-state index < -0.39 is 15.8 Å². The summed E-state index contributed by atoms with van der Waals surface area (Å²) in [6.07, 6.45) is 0.939. The van der Waals surface area contributed by atoms with E-state index in [1.807, 2.05) is 29.2 Å². The Morgan fingerprint density at radius 1 is 1.04 bits per heavy atom. The van der Waals surface area contributed by atoms with Gasteiger partial charge in [-0.3, -0.25) is 9.69 Å². The largest absolute Gasteiger partial charge is 0.325 e. The molecule has 0 saturated carbocycles. The van der Waals surface area contributed by atoms with E-state index in [0.29, 0.717) is 13.1 Å². The summed E-state index contributed by atoms with van der Waals surface area (Å²) in [4.78, 5) is 13.8. The predicted molar refractivity (Wildman–Crippen MR) is 106 cm³/mol. The highest BCUT2D eigenvalue weighted by atomic mass is 32.2. The Kier molecular flexibility index (Phi) is 6.43. The maximum absolute atomic E-state index is 13.9. The molecule has 1 fully saturated rings. The lowest BCUT2D eigenvalue weighted by Crippen LogP contribution is -2.50. The lowest BCUT2D eigenvalue weighted by Gasteiger charge is -2.33. The monoisotopic (exact) mass is 405 g/mol. The molecule has 0 spiro atoms. The number of carbonyl (C=O) groups is 1. The normalized spacial score (nSPS) is 16.1. The molecule has 1 aliphatic rings. The smallest absolute Gasteiger partial charge is 0.246 e. The van der Waals surface area contributed by atoms with Gasteiger partial charge in [0.25, 0.3) is 0 Å². The fraction of sp³-hybridized carbons (Fsp3) is 0.350. The second kappa shape index (κ2) is 8.81. The van der Waals surface area contributed by atoms with Gasteiger partial charge >= 0.3 is 0 Å². The molecule has 1 N–H and O–H groups in total. The number of rotatable bonds is 6. The average Bonchev–Trinajstić information content (AvgIpc) is 2.69. The molecule has 1 aliphatic heterocycles. The van der Waals surface area contributed by atoms with Crippen LogP contribution in [0.3, 0.4) is 0 Å². The molecule has 6 nitrogen and oxygen atoms in total. The van der Waals surface area contributed by atoms with Crippen molar-refractivity contribution in [1.29, 1.82) is 0 Å². The van der Waals surface area contributed by atoms with Gasteiger partial charge in [0.2, 0.25) is 15.9 Å². The molecule has 1 heterocycles. The van der Waals surface area contributed by atoms with E-state index >= 15 is 0 Å². The third kappa shape index (κ3) is 4.76. The molecule has 0 aromatic heterocycles. The van der Waals surface area contributed by atoms with Gasteiger partial charge in [-0.1, -0.05) is 31.2 Å². The molecule has 0 bridgehead atoms. The van der Waals surface area contributed by atoms with Gasteiger partial charge in [0.1, 0.15) is 10.7 Å². The van der Waals surface area contributed by atoms with Gasteiger partial charge in [-0.15, -0.1) is 0 Å². The van der Waals surface area contributed by atoms with Gasteiger partial charge in [-0.05, 0) is 36.2 Å². The van der Waals surface area contributed by atoms with E-state index in [0.717, 1.165) is 18.2 Å². The molecule has 28 heavy (non-hydrogen) atoms. The van der Waals surface area contributed by atoms with Crippen LogP contribution >= 0.6 is 0 Å². The summed E-state index contributed by atoms with van der Waals surface area (Å²) in [6, 6.07) is 13.1. The van der Waals surface area contributed by atoms with Gasteiger partial charge in [0, 0.05) is 31.9 Å². The molecule has 3 rings (SSSR count). The van der Waals surface area contributed by atoms with Crippen molar-refractivity contribution in [3.63, 3.8) is 0 Å². The molecule has 0 atom stereocenters. The first kappa shape index (κ1) is 20.4. The van der Waals surface area contributed by atoms with Crippen LogP contribution in [0.15, 0.2) is 53.4 Å². The fourth-order valence-corrected chi connectivity index (χ4v) is 4.64. The van der Waals surface area contributed by atoms with E-state index in [-0.39, 0.29) is 30.4 Å². The van der Waals surface area contributed by atoms with Crippen LogP contribution in [0.4, 0.5) is 10.1 Å². The first-order chi connectivity index (χ1) is 13.4. The molecule has 2 aromatic rings. The summed E-state index contributed by atoms with van der Waals surface area (Å²) < 4.78 is 40.4. The van der Waals surface area contributed by atoms with Gasteiger partial charge in [0.15, 0.2) is 0 Å². The molecule has 8 heteroatoms. The van der Waals surface area contributed by atoms with Crippen molar-refractivity contribution >= 4 is 21.6 Å². The summed E-state index contributed by atoms with van der Waals surface area (Å²) in [7, 11) is -3.87. The number of carbonyl (C=O) groups excluding carboxylic acids is 1. The SMILES string of the molecule is CCc1ccc(NC(=O)CN2CCN(S(=O)(=O)c3ccccc3F)CC2)cc1. The zero-order valence-electron chi connectivity index (χ0n) is 15.8. The number of anilines is 1. The number of hydrogen-bond acceptors (Lipinski definition) is 4. The highest BCUT2D eigenvalue weighted by molar-refractivity contribution is 7.89. The lowest BCUT2D eigenvalue weighted by molar-refractivity contribution is -0.117. The maximum Gasteiger partial charge on any atom is 0.246 e. The van der Waals surface area contributed by atoms with Crippen LogP contribution in [0.2, 0.25) is 0 Å². The average molecular weight is 405 g/mol. The predicted octanol–water partition coefficient (Wildman–Crippen LogP) is 2.33. The van der Waals surface area contributed by atoms with Crippen LogP contribution in [0.25, 0.3) is 0 Å². The Bertz CT molecular complexity index is 924. The Morgan fingerprint density at radius 2 is 1.68 bits per heavy atom. The molecule has 0 radical (unpaired) electrons. The van der Waals surface area contributed by atoms with E-state index in [1.54, 1.807) is 0 Å². The molecule has 150 valence electrons. The van der Waals surface area contributed by atoms with Gasteiger partial charge in [-0.25, -0.2) is 12.8 Å². The molecular weight excluding hydrogens is 381 g/mol. The van der Waals surface area contributed by atoms with E-state index in [1.165, 1.54) is 28.1 Å². The van der Waals surface area contributed by atoms with Crippen LogP contribution in [0.5, 0.6) is 0 Å².